The van der Waals surface area contributed by atoms with E-state index in [-0.39, 0.29) is 18.1 Å². The summed E-state index contributed by atoms with van der Waals surface area (Å²) < 4.78 is 10.2. The van der Waals surface area contributed by atoms with E-state index in [2.05, 4.69) is 0 Å². The van der Waals surface area contributed by atoms with Gasteiger partial charge in [-0.15, -0.1) is 0 Å². The summed E-state index contributed by atoms with van der Waals surface area (Å²) in [6.07, 6.45) is 0.835. The Kier molecular flexibility index (Phi) is 6.88. The first-order valence-electron chi connectivity index (χ1n) is 9.33. The van der Waals surface area contributed by atoms with E-state index in [4.69, 9.17) is 21.1 Å². The Morgan fingerprint density at radius 1 is 1.17 bits per heavy atom. The number of nitrogens with zero attached hydrogens (tertiary/aromatic N) is 1. The topological polar surface area (TPSA) is 72.9 Å². The van der Waals surface area contributed by atoms with Gasteiger partial charge in [-0.05, 0) is 30.2 Å². The van der Waals surface area contributed by atoms with Crippen molar-refractivity contribution in [2.45, 2.75) is 12.8 Å². The highest BCUT2D eigenvalue weighted by molar-refractivity contribution is 6.32. The molecule has 1 saturated heterocycles. The number of carbonyl (C=O) groups is 3. The molecule has 2 aromatic carbocycles. The van der Waals surface area contributed by atoms with Crippen LogP contribution in [0.5, 0.6) is 5.75 Å². The molecule has 0 radical (unpaired) electrons. The molecule has 0 N–H and O–H groups in total. The fourth-order valence-corrected chi connectivity index (χ4v) is 3.49. The molecule has 0 aliphatic carbocycles. The molecule has 1 aliphatic rings. The summed E-state index contributed by atoms with van der Waals surface area (Å²) in [5.74, 6) is -1.07. The Morgan fingerprint density at radius 3 is 2.62 bits per heavy atom. The Balaban J connectivity index is 1.48. The summed E-state index contributed by atoms with van der Waals surface area (Å²) in [5, 5.41) is 0.306. The van der Waals surface area contributed by atoms with Gasteiger partial charge < -0.3 is 14.4 Å². The molecule has 1 atom stereocenters. The Morgan fingerprint density at radius 2 is 1.93 bits per heavy atom. The highest BCUT2D eigenvalue weighted by Gasteiger charge is 2.35. The quantitative estimate of drug-likeness (QED) is 0.489. The maximum Gasteiger partial charge on any atom is 0.311 e. The van der Waals surface area contributed by atoms with Gasteiger partial charge >= 0.3 is 5.97 Å². The second-order valence-electron chi connectivity index (χ2n) is 6.86. The number of methoxy groups -OCH3 is 1. The van der Waals surface area contributed by atoms with Crippen molar-refractivity contribution < 1.29 is 23.9 Å². The first-order valence-corrected chi connectivity index (χ1v) is 9.71. The second-order valence-corrected chi connectivity index (χ2v) is 7.26. The maximum atomic E-state index is 12.3. The number of hydrogen-bond acceptors (Lipinski definition) is 5. The standard InChI is InChI=1S/C22H22ClNO5/c1-28-20-8-7-16(11-18(20)23)19(25)14-29-22(27)17-12-21(26)24(13-17)10-9-15-5-3-2-4-6-15/h2-8,11,17H,9-10,12-14H2,1H3/t17-/m0/s1. The van der Waals surface area contributed by atoms with Crippen molar-refractivity contribution in [2.75, 3.05) is 26.8 Å². The third-order valence-corrected chi connectivity index (χ3v) is 5.18. The highest BCUT2D eigenvalue weighted by Crippen LogP contribution is 2.25. The monoisotopic (exact) mass is 415 g/mol. The van der Waals surface area contributed by atoms with Gasteiger partial charge in [-0.2, -0.15) is 0 Å². The third kappa shape index (κ3) is 5.35. The maximum absolute atomic E-state index is 12.3. The number of ketones is 1. The summed E-state index contributed by atoms with van der Waals surface area (Å²) >= 11 is 6.02. The number of hydrogen-bond donors (Lipinski definition) is 0. The summed E-state index contributed by atoms with van der Waals surface area (Å²) in [6.45, 7) is 0.471. The predicted octanol–water partition coefficient (Wildman–Crippen LogP) is 3.17. The lowest BCUT2D eigenvalue weighted by Gasteiger charge is -2.16. The molecule has 0 aromatic heterocycles. The molecule has 1 amide bonds. The number of Topliss-reactive ketones (excluding diaryl/α,β-unsaturated/α-hetero) is 1. The Bertz CT molecular complexity index is 899. The molecule has 1 aliphatic heterocycles. The van der Waals surface area contributed by atoms with Crippen molar-refractivity contribution in [2.24, 2.45) is 5.92 Å². The van der Waals surface area contributed by atoms with Crippen molar-refractivity contribution in [3.05, 3.63) is 64.7 Å². The summed E-state index contributed by atoms with van der Waals surface area (Å²) in [4.78, 5) is 38.4. The van der Waals surface area contributed by atoms with Gasteiger partial charge in [0.15, 0.2) is 12.4 Å². The molecule has 2 aromatic rings. The second kappa shape index (κ2) is 9.56. The van der Waals surface area contributed by atoms with Gasteiger partial charge in [-0.1, -0.05) is 41.9 Å². The minimum atomic E-state index is -0.550. The van der Waals surface area contributed by atoms with Crippen LogP contribution in [0.1, 0.15) is 22.3 Å². The summed E-state index contributed by atoms with van der Waals surface area (Å²) in [6, 6.07) is 14.5. The van der Waals surface area contributed by atoms with E-state index in [1.54, 1.807) is 17.0 Å². The minimum Gasteiger partial charge on any atom is -0.495 e. The lowest BCUT2D eigenvalue weighted by molar-refractivity contribution is -0.147. The van der Waals surface area contributed by atoms with Gasteiger partial charge in [0.05, 0.1) is 18.1 Å². The summed E-state index contributed by atoms with van der Waals surface area (Å²) in [7, 11) is 1.48. The van der Waals surface area contributed by atoms with Crippen molar-refractivity contribution in [1.29, 1.82) is 0 Å². The fourth-order valence-electron chi connectivity index (χ4n) is 3.23. The van der Waals surface area contributed by atoms with Crippen molar-refractivity contribution in [3.8, 4) is 5.75 Å². The summed E-state index contributed by atoms with van der Waals surface area (Å²) in [5.41, 5.74) is 1.46. The number of rotatable bonds is 8. The van der Waals surface area contributed by atoms with E-state index in [1.807, 2.05) is 30.3 Å². The van der Waals surface area contributed by atoms with Crippen LogP contribution in [-0.4, -0.2) is 49.4 Å². The SMILES string of the molecule is COc1ccc(C(=O)COC(=O)[C@H]2CC(=O)N(CCc3ccccc3)C2)cc1Cl. The number of ether oxygens (including phenoxy) is 2. The van der Waals surface area contributed by atoms with Crippen LogP contribution in [0, 0.1) is 5.92 Å². The van der Waals surface area contributed by atoms with Crippen LogP contribution in [0.3, 0.4) is 0 Å². The third-order valence-electron chi connectivity index (χ3n) is 4.88. The number of esters is 1. The fraction of sp³-hybridized carbons (Fsp3) is 0.318. The zero-order chi connectivity index (χ0) is 20.8. The van der Waals surface area contributed by atoms with Gasteiger partial charge in [-0.3, -0.25) is 14.4 Å². The molecule has 3 rings (SSSR count). The van der Waals surface area contributed by atoms with Crippen LogP contribution in [-0.2, 0) is 20.7 Å². The Labute approximate surface area is 174 Å². The van der Waals surface area contributed by atoms with Gasteiger partial charge in [0.1, 0.15) is 5.75 Å². The number of halogens is 1. The lowest BCUT2D eigenvalue weighted by Crippen LogP contribution is -2.29. The number of likely N-dealkylation sites (tertiary alicyclic amines) is 1. The average molecular weight is 416 g/mol. The van der Waals surface area contributed by atoms with Crippen LogP contribution < -0.4 is 4.74 Å². The van der Waals surface area contributed by atoms with E-state index >= 15 is 0 Å². The molecular formula is C22H22ClNO5. The number of benzene rings is 2. The molecule has 0 bridgehead atoms. The zero-order valence-electron chi connectivity index (χ0n) is 16.1. The van der Waals surface area contributed by atoms with Crippen LogP contribution >= 0.6 is 11.6 Å². The van der Waals surface area contributed by atoms with Crippen molar-refractivity contribution in [3.63, 3.8) is 0 Å². The van der Waals surface area contributed by atoms with Gasteiger partial charge in [0.2, 0.25) is 5.91 Å². The molecule has 29 heavy (non-hydrogen) atoms. The highest BCUT2D eigenvalue weighted by atomic mass is 35.5. The van der Waals surface area contributed by atoms with Crippen LogP contribution in [0.4, 0.5) is 0 Å². The molecule has 6 nitrogen and oxygen atoms in total. The minimum absolute atomic E-state index is 0.0730. The van der Waals surface area contributed by atoms with Gasteiger partial charge in [0, 0.05) is 25.1 Å². The molecule has 0 spiro atoms. The first kappa shape index (κ1) is 20.9. The molecule has 1 fully saturated rings. The molecule has 0 unspecified atom stereocenters. The van der Waals surface area contributed by atoms with E-state index in [1.165, 1.54) is 13.2 Å². The normalized spacial score (nSPS) is 16.0. The first-order chi connectivity index (χ1) is 14.0. The van der Waals surface area contributed by atoms with E-state index < -0.39 is 18.5 Å². The number of carbonyl (C=O) groups excluding carboxylic acids is 3. The van der Waals surface area contributed by atoms with Crippen molar-refractivity contribution in [1.82, 2.24) is 4.90 Å². The van der Waals surface area contributed by atoms with Gasteiger partial charge in [0.25, 0.3) is 0 Å². The van der Waals surface area contributed by atoms with E-state index in [0.29, 0.717) is 29.4 Å². The largest absolute Gasteiger partial charge is 0.495 e. The molecule has 152 valence electrons. The lowest BCUT2D eigenvalue weighted by atomic mass is 10.1. The molecule has 1 heterocycles. The van der Waals surface area contributed by atoms with E-state index in [0.717, 1.165) is 12.0 Å². The van der Waals surface area contributed by atoms with E-state index in [9.17, 15) is 14.4 Å². The molecule has 0 saturated carbocycles. The number of amides is 1. The predicted molar refractivity (Wildman–Crippen MR) is 108 cm³/mol. The van der Waals surface area contributed by atoms with Gasteiger partial charge in [-0.25, -0.2) is 0 Å². The van der Waals surface area contributed by atoms with Crippen molar-refractivity contribution >= 4 is 29.3 Å². The average Bonchev–Trinajstić information content (AvgIpc) is 3.11. The molecular weight excluding hydrogens is 394 g/mol. The van der Waals surface area contributed by atoms with Crippen LogP contribution in [0.25, 0.3) is 0 Å². The smallest absolute Gasteiger partial charge is 0.311 e. The van der Waals surface area contributed by atoms with Crippen LogP contribution in [0.15, 0.2) is 48.5 Å². The van der Waals surface area contributed by atoms with Crippen LogP contribution in [0.2, 0.25) is 5.02 Å². The Hall–Kier alpha value is -2.86. The zero-order valence-corrected chi connectivity index (χ0v) is 16.9. The molecule has 7 heteroatoms.